The van der Waals surface area contributed by atoms with Gasteiger partial charge in [0.15, 0.2) is 11.8 Å². The number of aromatic nitrogens is 3. The molecular formula is C14H19ClN6. The summed E-state index contributed by atoms with van der Waals surface area (Å²) >= 11 is 5.96. The van der Waals surface area contributed by atoms with Gasteiger partial charge in [0, 0.05) is 25.7 Å². The van der Waals surface area contributed by atoms with Crippen LogP contribution in [0.5, 0.6) is 0 Å². The average Bonchev–Trinajstić information content (AvgIpc) is 2.79. The van der Waals surface area contributed by atoms with E-state index in [0.29, 0.717) is 19.0 Å². The quantitative estimate of drug-likeness (QED) is 0.666. The van der Waals surface area contributed by atoms with Gasteiger partial charge in [-0.3, -0.25) is 4.99 Å². The van der Waals surface area contributed by atoms with Crippen LogP contribution in [0, 0.1) is 6.92 Å². The van der Waals surface area contributed by atoms with Gasteiger partial charge in [0.05, 0.1) is 6.54 Å². The van der Waals surface area contributed by atoms with Crippen LogP contribution < -0.4 is 10.6 Å². The van der Waals surface area contributed by atoms with Crippen molar-refractivity contribution in [3.05, 3.63) is 46.5 Å². The molecule has 0 saturated carbocycles. The number of halogens is 1. The number of benzene rings is 1. The molecule has 1 aromatic carbocycles. The van der Waals surface area contributed by atoms with E-state index in [-0.39, 0.29) is 0 Å². The molecule has 6 nitrogen and oxygen atoms in total. The van der Waals surface area contributed by atoms with Gasteiger partial charge in [0.2, 0.25) is 0 Å². The molecule has 21 heavy (non-hydrogen) atoms. The maximum Gasteiger partial charge on any atom is 0.191 e. The molecule has 2 aromatic rings. The minimum atomic E-state index is 0.562. The van der Waals surface area contributed by atoms with Gasteiger partial charge in [-0.05, 0) is 24.6 Å². The van der Waals surface area contributed by atoms with Gasteiger partial charge in [0.25, 0.3) is 0 Å². The third-order valence-corrected chi connectivity index (χ3v) is 3.40. The summed E-state index contributed by atoms with van der Waals surface area (Å²) in [6, 6.07) is 7.72. The van der Waals surface area contributed by atoms with E-state index in [1.165, 1.54) is 0 Å². The molecule has 112 valence electrons. The molecule has 1 heterocycles. The molecule has 0 saturated heterocycles. The minimum absolute atomic E-state index is 0.562. The Kier molecular flexibility index (Phi) is 5.16. The summed E-state index contributed by atoms with van der Waals surface area (Å²) in [7, 11) is 3.67. The van der Waals surface area contributed by atoms with E-state index in [9.17, 15) is 0 Å². The molecule has 0 aliphatic rings. The fraction of sp³-hybridized carbons (Fsp3) is 0.357. The Morgan fingerprint density at radius 2 is 2.05 bits per heavy atom. The van der Waals surface area contributed by atoms with E-state index in [1.807, 2.05) is 42.8 Å². The largest absolute Gasteiger partial charge is 0.352 e. The summed E-state index contributed by atoms with van der Waals surface area (Å²) in [4.78, 5) is 4.18. The first-order valence-electron chi connectivity index (χ1n) is 6.64. The Morgan fingerprint density at radius 1 is 1.29 bits per heavy atom. The van der Waals surface area contributed by atoms with Gasteiger partial charge >= 0.3 is 0 Å². The molecule has 2 rings (SSSR count). The van der Waals surface area contributed by atoms with Crippen LogP contribution in [0.2, 0.25) is 5.02 Å². The first-order chi connectivity index (χ1) is 10.1. The lowest BCUT2D eigenvalue weighted by molar-refractivity contribution is 0.717. The van der Waals surface area contributed by atoms with E-state index >= 15 is 0 Å². The number of guanidine groups is 1. The van der Waals surface area contributed by atoms with Gasteiger partial charge in [0.1, 0.15) is 5.82 Å². The molecule has 0 amide bonds. The molecule has 0 aliphatic heterocycles. The van der Waals surface area contributed by atoms with Gasteiger partial charge in [-0.2, -0.15) is 0 Å². The summed E-state index contributed by atoms with van der Waals surface area (Å²) in [6.45, 7) is 3.13. The van der Waals surface area contributed by atoms with E-state index < -0.39 is 0 Å². The minimum Gasteiger partial charge on any atom is -0.352 e. The first kappa shape index (κ1) is 15.3. The van der Waals surface area contributed by atoms with Crippen molar-refractivity contribution in [1.82, 2.24) is 25.4 Å². The highest BCUT2D eigenvalue weighted by atomic mass is 35.5. The van der Waals surface area contributed by atoms with Crippen molar-refractivity contribution in [2.75, 3.05) is 7.05 Å². The molecule has 0 atom stereocenters. The van der Waals surface area contributed by atoms with Gasteiger partial charge in [-0.1, -0.05) is 23.7 Å². The lowest BCUT2D eigenvalue weighted by Gasteiger charge is -2.11. The molecule has 7 heteroatoms. The molecule has 0 bridgehead atoms. The summed E-state index contributed by atoms with van der Waals surface area (Å²) in [5.41, 5.74) is 1.10. The second kappa shape index (κ2) is 7.08. The number of nitrogens with zero attached hydrogens (tertiary/aromatic N) is 4. The summed E-state index contributed by atoms with van der Waals surface area (Å²) in [5.74, 6) is 2.45. The third-order valence-electron chi connectivity index (χ3n) is 3.17. The SMILES string of the molecule is CN=C(NCc1cccc(Cl)c1)NCc1nnc(C)n1C. The number of rotatable bonds is 4. The summed E-state index contributed by atoms with van der Waals surface area (Å²) in [5, 5.41) is 15.3. The maximum absolute atomic E-state index is 5.96. The van der Waals surface area contributed by atoms with Crippen LogP contribution in [0.15, 0.2) is 29.3 Å². The van der Waals surface area contributed by atoms with Crippen LogP contribution in [0.4, 0.5) is 0 Å². The van der Waals surface area contributed by atoms with Crippen molar-refractivity contribution >= 4 is 17.6 Å². The molecule has 0 aliphatic carbocycles. The zero-order valence-electron chi connectivity index (χ0n) is 12.4. The highest BCUT2D eigenvalue weighted by Gasteiger charge is 2.05. The van der Waals surface area contributed by atoms with E-state index in [2.05, 4.69) is 25.8 Å². The van der Waals surface area contributed by atoms with Crippen LogP contribution in [0.25, 0.3) is 0 Å². The fourth-order valence-corrected chi connectivity index (χ4v) is 2.03. The van der Waals surface area contributed by atoms with Crippen LogP contribution in [0.1, 0.15) is 17.2 Å². The Hall–Kier alpha value is -2.08. The second-order valence-corrected chi connectivity index (χ2v) is 5.07. The second-order valence-electron chi connectivity index (χ2n) is 4.63. The van der Waals surface area contributed by atoms with Crippen molar-refractivity contribution < 1.29 is 0 Å². The summed E-state index contributed by atoms with van der Waals surface area (Å²) in [6.07, 6.45) is 0. The predicted molar refractivity (Wildman–Crippen MR) is 84.2 cm³/mol. The monoisotopic (exact) mass is 306 g/mol. The highest BCUT2D eigenvalue weighted by Crippen LogP contribution is 2.10. The van der Waals surface area contributed by atoms with Crippen molar-refractivity contribution in [3.8, 4) is 0 Å². The number of nitrogens with one attached hydrogen (secondary N) is 2. The topological polar surface area (TPSA) is 67.1 Å². The lowest BCUT2D eigenvalue weighted by atomic mass is 10.2. The van der Waals surface area contributed by atoms with E-state index in [4.69, 9.17) is 11.6 Å². The zero-order chi connectivity index (χ0) is 15.2. The predicted octanol–water partition coefficient (Wildman–Crippen LogP) is 1.64. The van der Waals surface area contributed by atoms with E-state index in [0.717, 1.165) is 22.2 Å². The van der Waals surface area contributed by atoms with Crippen LogP contribution >= 0.6 is 11.6 Å². The van der Waals surface area contributed by atoms with Crippen LogP contribution in [-0.4, -0.2) is 27.8 Å². The highest BCUT2D eigenvalue weighted by molar-refractivity contribution is 6.30. The third kappa shape index (κ3) is 4.19. The standard InChI is InChI=1S/C14H19ClN6/c1-10-19-20-13(21(10)3)9-18-14(16-2)17-8-11-5-4-6-12(15)7-11/h4-7H,8-9H2,1-3H3,(H2,16,17,18). The molecule has 0 fully saturated rings. The zero-order valence-corrected chi connectivity index (χ0v) is 13.1. The van der Waals surface area contributed by atoms with Crippen molar-refractivity contribution in [3.63, 3.8) is 0 Å². The number of hydrogen-bond acceptors (Lipinski definition) is 3. The normalized spacial score (nSPS) is 11.5. The molecule has 0 radical (unpaired) electrons. The van der Waals surface area contributed by atoms with Gasteiger partial charge in [-0.25, -0.2) is 0 Å². The number of hydrogen-bond donors (Lipinski definition) is 2. The Morgan fingerprint density at radius 3 is 2.67 bits per heavy atom. The number of aryl methyl sites for hydroxylation is 1. The molecular weight excluding hydrogens is 288 g/mol. The van der Waals surface area contributed by atoms with Crippen LogP contribution in [0.3, 0.4) is 0 Å². The molecule has 2 N–H and O–H groups in total. The van der Waals surface area contributed by atoms with E-state index in [1.54, 1.807) is 7.05 Å². The fourth-order valence-electron chi connectivity index (χ4n) is 1.82. The molecule has 0 unspecified atom stereocenters. The van der Waals surface area contributed by atoms with Gasteiger partial charge < -0.3 is 15.2 Å². The Bertz CT molecular complexity index is 634. The molecule has 0 spiro atoms. The number of aliphatic imine (C=N–C) groups is 1. The van der Waals surface area contributed by atoms with Crippen molar-refractivity contribution in [2.24, 2.45) is 12.0 Å². The van der Waals surface area contributed by atoms with Gasteiger partial charge in [-0.15, -0.1) is 10.2 Å². The maximum atomic E-state index is 5.96. The van der Waals surface area contributed by atoms with Crippen molar-refractivity contribution in [2.45, 2.75) is 20.0 Å². The average molecular weight is 307 g/mol. The summed E-state index contributed by atoms with van der Waals surface area (Å²) < 4.78 is 1.94. The smallest absolute Gasteiger partial charge is 0.191 e. The van der Waals surface area contributed by atoms with Crippen molar-refractivity contribution in [1.29, 1.82) is 0 Å². The first-order valence-corrected chi connectivity index (χ1v) is 7.01. The Labute approximate surface area is 129 Å². The molecule has 1 aromatic heterocycles. The lowest BCUT2D eigenvalue weighted by Crippen LogP contribution is -2.36. The Balaban J connectivity index is 1.88. The van der Waals surface area contributed by atoms with Crippen LogP contribution in [-0.2, 0) is 20.1 Å².